The molecular formula is C19H34O2S. The molecule has 2 saturated carbocycles. The van der Waals surface area contributed by atoms with E-state index in [9.17, 15) is 4.79 Å². The standard InChI is InChI=1S/C19H34O2S/c1-14(8-6-12-18(2,3)21-22)15-9-5-10-16-17(20)11-7-13-19(15,16)4/h14-16,22H,5-13H2,1-4H3/t14-,15-,16+,19-/m1/s1/i2D3,3D3. The van der Waals surface area contributed by atoms with Crippen molar-refractivity contribution < 1.29 is 17.2 Å². The van der Waals surface area contributed by atoms with E-state index in [0.29, 0.717) is 36.9 Å². The maximum atomic E-state index is 12.5. The molecule has 0 spiro atoms. The molecule has 0 saturated heterocycles. The van der Waals surface area contributed by atoms with Gasteiger partial charge in [-0.05, 0) is 76.0 Å². The van der Waals surface area contributed by atoms with Gasteiger partial charge in [0.15, 0.2) is 0 Å². The van der Waals surface area contributed by atoms with Gasteiger partial charge in [-0.15, -0.1) is 0 Å². The Morgan fingerprint density at radius 3 is 2.91 bits per heavy atom. The molecule has 2 aliphatic rings. The van der Waals surface area contributed by atoms with Gasteiger partial charge in [0, 0.05) is 20.6 Å². The minimum absolute atomic E-state index is 0.0121. The van der Waals surface area contributed by atoms with Crippen LogP contribution in [0, 0.1) is 23.2 Å². The molecule has 2 nitrogen and oxygen atoms in total. The lowest BCUT2D eigenvalue weighted by Gasteiger charge is -2.52. The van der Waals surface area contributed by atoms with Crippen molar-refractivity contribution in [2.24, 2.45) is 23.2 Å². The Kier molecular flexibility index (Phi) is 3.80. The monoisotopic (exact) mass is 332 g/mol. The molecule has 3 heteroatoms. The van der Waals surface area contributed by atoms with Gasteiger partial charge < -0.3 is 4.18 Å². The molecule has 0 aliphatic heterocycles. The first-order valence-electron chi connectivity index (χ1n) is 11.7. The predicted molar refractivity (Wildman–Crippen MR) is 95.0 cm³/mol. The number of carbonyl (C=O) groups excluding carboxylic acids is 1. The summed E-state index contributed by atoms with van der Waals surface area (Å²) >= 11 is 3.64. The van der Waals surface area contributed by atoms with Crippen LogP contribution < -0.4 is 0 Å². The van der Waals surface area contributed by atoms with E-state index >= 15 is 0 Å². The topological polar surface area (TPSA) is 26.3 Å². The zero-order valence-corrected chi connectivity index (χ0v) is 14.8. The number of ketones is 1. The highest BCUT2D eigenvalue weighted by atomic mass is 32.1. The lowest BCUT2D eigenvalue weighted by molar-refractivity contribution is -0.137. The summed E-state index contributed by atoms with van der Waals surface area (Å²) in [6.45, 7) is -1.17. The molecule has 0 aromatic carbocycles. The second-order valence-electron chi connectivity index (χ2n) is 7.70. The zero-order valence-electron chi connectivity index (χ0n) is 19.9. The van der Waals surface area contributed by atoms with Crippen LogP contribution in [0.4, 0.5) is 0 Å². The smallest absolute Gasteiger partial charge is 0.136 e. The van der Waals surface area contributed by atoms with Crippen molar-refractivity contribution in [1.29, 1.82) is 0 Å². The largest absolute Gasteiger partial charge is 0.313 e. The third kappa shape index (κ3) is 3.90. The third-order valence-electron chi connectivity index (χ3n) is 6.21. The van der Waals surface area contributed by atoms with Gasteiger partial charge in [0.05, 0.1) is 5.60 Å². The lowest BCUT2D eigenvalue weighted by Crippen LogP contribution is -2.47. The van der Waals surface area contributed by atoms with E-state index in [0.717, 1.165) is 32.1 Å². The van der Waals surface area contributed by atoms with Gasteiger partial charge >= 0.3 is 0 Å². The first-order valence-corrected chi connectivity index (χ1v) is 9.02. The molecule has 128 valence electrons. The molecule has 2 fully saturated rings. The molecule has 22 heavy (non-hydrogen) atoms. The predicted octanol–water partition coefficient (Wildman–Crippen LogP) is 5.61. The summed E-state index contributed by atoms with van der Waals surface area (Å²) in [5.74, 6) is 1.25. The average molecular weight is 333 g/mol. The first-order chi connectivity index (χ1) is 12.8. The van der Waals surface area contributed by atoms with Gasteiger partial charge in [0.1, 0.15) is 5.78 Å². The van der Waals surface area contributed by atoms with Crippen LogP contribution >= 0.6 is 12.9 Å². The molecule has 0 unspecified atom stereocenters. The van der Waals surface area contributed by atoms with E-state index in [1.54, 1.807) is 0 Å². The van der Waals surface area contributed by atoms with Gasteiger partial charge in [0.2, 0.25) is 0 Å². The van der Waals surface area contributed by atoms with Crippen LogP contribution in [0.25, 0.3) is 0 Å². The van der Waals surface area contributed by atoms with E-state index in [4.69, 9.17) is 12.4 Å². The number of fused-ring (bicyclic) bond motifs is 1. The highest BCUT2D eigenvalue weighted by Gasteiger charge is 2.49. The number of hydrogen-bond donors (Lipinski definition) is 1. The van der Waals surface area contributed by atoms with Crippen molar-refractivity contribution in [3.8, 4) is 0 Å². The molecule has 4 atom stereocenters. The number of hydrogen-bond acceptors (Lipinski definition) is 3. The summed E-state index contributed by atoms with van der Waals surface area (Å²) in [5.41, 5.74) is -2.25. The normalized spacial score (nSPS) is 39.5. The Bertz CT molecular complexity index is 548. The molecule has 0 aromatic rings. The van der Waals surface area contributed by atoms with Crippen LogP contribution in [0.2, 0.25) is 0 Å². The number of rotatable bonds is 6. The molecule has 0 bridgehead atoms. The van der Waals surface area contributed by atoms with Crippen LogP contribution in [0.5, 0.6) is 0 Å². The second kappa shape index (κ2) is 7.25. The van der Waals surface area contributed by atoms with Crippen LogP contribution in [-0.4, -0.2) is 11.4 Å². The van der Waals surface area contributed by atoms with Crippen molar-refractivity contribution in [3.05, 3.63) is 0 Å². The number of thiol groups is 1. The Labute approximate surface area is 150 Å². The Hall–Kier alpha value is -0.0200. The summed E-state index contributed by atoms with van der Waals surface area (Å²) in [5, 5.41) is 0. The van der Waals surface area contributed by atoms with Crippen LogP contribution in [0.3, 0.4) is 0 Å². The summed E-state index contributed by atoms with van der Waals surface area (Å²) in [6.07, 6.45) is 6.86. The summed E-state index contributed by atoms with van der Waals surface area (Å²) in [4.78, 5) is 12.5. The Morgan fingerprint density at radius 2 is 2.23 bits per heavy atom. The van der Waals surface area contributed by atoms with Gasteiger partial charge in [-0.3, -0.25) is 4.79 Å². The Morgan fingerprint density at radius 1 is 1.45 bits per heavy atom. The second-order valence-corrected chi connectivity index (χ2v) is 7.89. The quantitative estimate of drug-likeness (QED) is 0.505. The summed E-state index contributed by atoms with van der Waals surface area (Å²) < 4.78 is 51.1. The fourth-order valence-electron chi connectivity index (χ4n) is 5.02. The lowest BCUT2D eigenvalue weighted by atomic mass is 9.52. The van der Waals surface area contributed by atoms with Gasteiger partial charge in [0.25, 0.3) is 0 Å². The Balaban J connectivity index is 2.08. The third-order valence-corrected chi connectivity index (χ3v) is 6.52. The van der Waals surface area contributed by atoms with Gasteiger partial charge in [-0.2, -0.15) is 0 Å². The zero-order chi connectivity index (χ0) is 21.4. The molecule has 0 amide bonds. The fourth-order valence-corrected chi connectivity index (χ4v) is 5.11. The fraction of sp³-hybridized carbons (Fsp3) is 0.947. The molecular weight excluding hydrogens is 292 g/mol. The van der Waals surface area contributed by atoms with E-state index in [1.807, 2.05) is 0 Å². The highest BCUT2D eigenvalue weighted by molar-refractivity contribution is 7.75. The average Bonchev–Trinajstić information content (AvgIpc) is 2.55. The highest BCUT2D eigenvalue weighted by Crippen LogP contribution is 2.55. The molecule has 2 rings (SSSR count). The van der Waals surface area contributed by atoms with Crippen LogP contribution in [-0.2, 0) is 8.98 Å². The maximum Gasteiger partial charge on any atom is 0.136 e. The van der Waals surface area contributed by atoms with E-state index in [1.165, 1.54) is 0 Å². The molecule has 0 heterocycles. The van der Waals surface area contributed by atoms with Crippen LogP contribution in [0.15, 0.2) is 0 Å². The van der Waals surface area contributed by atoms with Crippen molar-refractivity contribution in [2.75, 3.05) is 0 Å². The molecule has 2 aliphatic carbocycles. The van der Waals surface area contributed by atoms with E-state index in [-0.39, 0.29) is 17.8 Å². The molecule has 0 N–H and O–H groups in total. The van der Waals surface area contributed by atoms with E-state index in [2.05, 4.69) is 26.8 Å². The summed E-state index contributed by atoms with van der Waals surface area (Å²) in [7, 11) is 0. The van der Waals surface area contributed by atoms with Gasteiger partial charge in [-0.1, -0.05) is 33.1 Å². The summed E-state index contributed by atoms with van der Waals surface area (Å²) in [6, 6.07) is 0. The van der Waals surface area contributed by atoms with Crippen molar-refractivity contribution in [3.63, 3.8) is 0 Å². The number of Topliss-reactive ketones (excluding diaryl/α,β-unsaturated/α-hetero) is 1. The van der Waals surface area contributed by atoms with Gasteiger partial charge in [-0.25, -0.2) is 0 Å². The van der Waals surface area contributed by atoms with Crippen molar-refractivity contribution in [2.45, 2.75) is 90.9 Å². The first kappa shape index (κ1) is 11.5. The molecule has 0 aromatic heterocycles. The minimum Gasteiger partial charge on any atom is -0.313 e. The van der Waals surface area contributed by atoms with Crippen LogP contribution in [0.1, 0.15) is 93.6 Å². The minimum atomic E-state index is -2.79. The molecule has 0 radical (unpaired) electrons. The SMILES string of the molecule is [2H]C([2H])([2H])C(CCC[C@@H](C)[C@H]1CCC[C@H]2C(=O)CCC[C@]12C)(OS)C([2H])([2H])[2H]. The van der Waals surface area contributed by atoms with Crippen molar-refractivity contribution >= 4 is 18.7 Å². The van der Waals surface area contributed by atoms with Crippen molar-refractivity contribution in [1.82, 2.24) is 0 Å². The maximum absolute atomic E-state index is 12.5. The van der Waals surface area contributed by atoms with E-state index < -0.39 is 19.3 Å². The number of carbonyl (C=O) groups is 1.